The Hall–Kier alpha value is -0.830. The van der Waals surface area contributed by atoms with Crippen molar-refractivity contribution >= 4 is 7.60 Å². The molecule has 0 atom stereocenters. The first-order valence-corrected chi connectivity index (χ1v) is 8.92. The lowest BCUT2D eigenvalue weighted by Gasteiger charge is -2.33. The molecule has 1 aliphatic rings. The van der Waals surface area contributed by atoms with Gasteiger partial charge in [0.2, 0.25) is 0 Å². The molecule has 0 bridgehead atoms. The van der Waals surface area contributed by atoms with Gasteiger partial charge in [-0.2, -0.15) is 0 Å². The van der Waals surface area contributed by atoms with Crippen molar-refractivity contribution in [2.75, 3.05) is 6.61 Å². The van der Waals surface area contributed by atoms with Gasteiger partial charge in [0.05, 0.1) is 12.8 Å². The molecule has 1 aliphatic carbocycles. The zero-order valence-corrected chi connectivity index (χ0v) is 12.8. The van der Waals surface area contributed by atoms with Crippen LogP contribution in [0.4, 0.5) is 0 Å². The highest BCUT2D eigenvalue weighted by Crippen LogP contribution is 2.39. The Labute approximate surface area is 120 Å². The van der Waals surface area contributed by atoms with Crippen LogP contribution in [0, 0.1) is 5.41 Å². The van der Waals surface area contributed by atoms with Gasteiger partial charge in [-0.1, -0.05) is 38.3 Å². The van der Waals surface area contributed by atoms with Crippen LogP contribution in [0.25, 0.3) is 0 Å². The second kappa shape index (κ2) is 6.30. The van der Waals surface area contributed by atoms with Gasteiger partial charge >= 0.3 is 7.60 Å². The van der Waals surface area contributed by atoms with Gasteiger partial charge in [0.25, 0.3) is 0 Å². The molecule has 0 saturated heterocycles. The summed E-state index contributed by atoms with van der Waals surface area (Å²) in [5.41, 5.74) is 0.901. The fourth-order valence-electron chi connectivity index (χ4n) is 2.74. The normalized spacial score (nSPS) is 18.8. The van der Waals surface area contributed by atoms with E-state index in [2.05, 4.69) is 6.92 Å². The van der Waals surface area contributed by atoms with Gasteiger partial charge in [0, 0.05) is 5.41 Å². The average molecular weight is 298 g/mol. The lowest BCUT2D eigenvalue weighted by molar-refractivity contribution is 0.116. The molecule has 1 aromatic carbocycles. The maximum absolute atomic E-state index is 10.9. The smallest absolute Gasteiger partial charge is 0.329 e. The highest BCUT2D eigenvalue weighted by Gasteiger charge is 2.27. The van der Waals surface area contributed by atoms with Crippen molar-refractivity contribution in [2.45, 2.75) is 45.2 Å². The van der Waals surface area contributed by atoms with Gasteiger partial charge < -0.3 is 14.5 Å². The van der Waals surface area contributed by atoms with Crippen molar-refractivity contribution in [3.8, 4) is 5.75 Å². The van der Waals surface area contributed by atoms with E-state index in [1.807, 2.05) is 0 Å². The summed E-state index contributed by atoms with van der Waals surface area (Å²) in [6.45, 7) is 2.99. The molecular weight excluding hydrogens is 275 g/mol. The first-order valence-electron chi connectivity index (χ1n) is 7.13. The molecule has 2 N–H and O–H groups in total. The largest absolute Gasteiger partial charge is 0.493 e. The van der Waals surface area contributed by atoms with E-state index >= 15 is 0 Å². The highest BCUT2D eigenvalue weighted by molar-refractivity contribution is 7.50. The first-order chi connectivity index (χ1) is 9.36. The predicted octanol–water partition coefficient (Wildman–Crippen LogP) is 3.71. The Morgan fingerprint density at radius 1 is 1.15 bits per heavy atom. The molecule has 0 radical (unpaired) electrons. The van der Waals surface area contributed by atoms with Crippen LogP contribution in [0.5, 0.6) is 5.75 Å². The Balaban J connectivity index is 1.89. The van der Waals surface area contributed by atoms with Crippen LogP contribution in [-0.4, -0.2) is 16.4 Å². The van der Waals surface area contributed by atoms with Crippen molar-refractivity contribution in [3.63, 3.8) is 0 Å². The third-order valence-corrected chi connectivity index (χ3v) is 4.74. The molecule has 0 unspecified atom stereocenters. The van der Waals surface area contributed by atoms with Crippen LogP contribution in [-0.2, 0) is 10.7 Å². The van der Waals surface area contributed by atoms with Gasteiger partial charge in [-0.25, -0.2) is 0 Å². The van der Waals surface area contributed by atoms with Crippen LogP contribution < -0.4 is 4.74 Å². The summed E-state index contributed by atoms with van der Waals surface area (Å²) in [6.07, 6.45) is 6.09. The molecule has 4 nitrogen and oxygen atoms in total. The predicted molar refractivity (Wildman–Crippen MR) is 78.9 cm³/mol. The third kappa shape index (κ3) is 4.93. The van der Waals surface area contributed by atoms with Crippen LogP contribution in [0.3, 0.4) is 0 Å². The quantitative estimate of drug-likeness (QED) is 0.813. The molecule has 0 aliphatic heterocycles. The SMILES string of the molecule is CC1(COc2ccc(CP(=O)(O)O)cc2)CCCCC1. The van der Waals surface area contributed by atoms with Crippen molar-refractivity contribution < 1.29 is 19.1 Å². The third-order valence-electron chi connectivity index (χ3n) is 3.96. The van der Waals surface area contributed by atoms with Crippen LogP contribution >= 0.6 is 7.60 Å². The van der Waals surface area contributed by atoms with E-state index in [1.54, 1.807) is 24.3 Å². The van der Waals surface area contributed by atoms with E-state index in [1.165, 1.54) is 32.1 Å². The number of ether oxygens (including phenoxy) is 1. The Bertz CT molecular complexity index is 471. The van der Waals surface area contributed by atoms with Gasteiger partial charge in [-0.15, -0.1) is 0 Å². The molecule has 20 heavy (non-hydrogen) atoms. The molecule has 5 heteroatoms. The van der Waals surface area contributed by atoms with E-state index in [0.717, 1.165) is 5.75 Å². The molecule has 0 heterocycles. The molecule has 112 valence electrons. The van der Waals surface area contributed by atoms with E-state index in [0.29, 0.717) is 12.2 Å². The molecule has 0 spiro atoms. The molecule has 1 aromatic rings. The minimum atomic E-state index is -3.99. The highest BCUT2D eigenvalue weighted by atomic mass is 31.2. The number of rotatable bonds is 5. The Kier molecular flexibility index (Phi) is 4.90. The molecular formula is C15H23O4P. The molecule has 1 saturated carbocycles. The second-order valence-corrected chi connectivity index (χ2v) is 7.77. The van der Waals surface area contributed by atoms with Crippen LogP contribution in [0.15, 0.2) is 24.3 Å². The van der Waals surface area contributed by atoms with Crippen LogP contribution in [0.1, 0.15) is 44.6 Å². The standard InChI is InChI=1S/C15H23O4P/c1-15(9-3-2-4-10-15)12-19-14-7-5-13(6-8-14)11-20(16,17)18/h5-8H,2-4,9-12H2,1H3,(H2,16,17,18). The van der Waals surface area contributed by atoms with E-state index in [9.17, 15) is 4.57 Å². The summed E-state index contributed by atoms with van der Waals surface area (Å²) in [4.78, 5) is 17.9. The lowest BCUT2D eigenvalue weighted by atomic mass is 9.76. The summed E-state index contributed by atoms with van der Waals surface area (Å²) in [6, 6.07) is 7.02. The Morgan fingerprint density at radius 2 is 1.75 bits per heavy atom. The van der Waals surface area contributed by atoms with Gasteiger partial charge in [-0.3, -0.25) is 4.57 Å². The summed E-state index contributed by atoms with van der Waals surface area (Å²) in [7, 11) is -3.99. The minimum absolute atomic E-state index is 0.217. The van der Waals surface area contributed by atoms with Gasteiger partial charge in [0.1, 0.15) is 5.75 Å². The second-order valence-electron chi connectivity index (χ2n) is 6.13. The summed E-state index contributed by atoms with van der Waals surface area (Å²) >= 11 is 0. The number of benzene rings is 1. The van der Waals surface area contributed by atoms with Gasteiger partial charge in [0.15, 0.2) is 0 Å². The van der Waals surface area contributed by atoms with E-state index < -0.39 is 7.60 Å². The van der Waals surface area contributed by atoms with Crippen molar-refractivity contribution in [1.29, 1.82) is 0 Å². The van der Waals surface area contributed by atoms with Crippen molar-refractivity contribution in [1.82, 2.24) is 0 Å². The molecule has 2 rings (SSSR count). The van der Waals surface area contributed by atoms with E-state index in [-0.39, 0.29) is 11.6 Å². The van der Waals surface area contributed by atoms with Crippen LogP contribution in [0.2, 0.25) is 0 Å². The molecule has 0 aromatic heterocycles. The first kappa shape index (κ1) is 15.6. The zero-order valence-electron chi connectivity index (χ0n) is 11.9. The number of hydrogen-bond acceptors (Lipinski definition) is 2. The monoisotopic (exact) mass is 298 g/mol. The molecule has 1 fully saturated rings. The van der Waals surface area contributed by atoms with Crippen molar-refractivity contribution in [2.24, 2.45) is 5.41 Å². The average Bonchev–Trinajstić information content (AvgIpc) is 2.37. The summed E-state index contributed by atoms with van der Waals surface area (Å²) < 4.78 is 16.8. The minimum Gasteiger partial charge on any atom is -0.493 e. The van der Waals surface area contributed by atoms with E-state index in [4.69, 9.17) is 14.5 Å². The topological polar surface area (TPSA) is 66.8 Å². The maximum Gasteiger partial charge on any atom is 0.329 e. The zero-order chi connectivity index (χ0) is 14.6. The Morgan fingerprint density at radius 3 is 2.30 bits per heavy atom. The fourth-order valence-corrected chi connectivity index (χ4v) is 3.42. The summed E-state index contributed by atoms with van der Waals surface area (Å²) in [5, 5.41) is 0. The maximum atomic E-state index is 10.9. The lowest BCUT2D eigenvalue weighted by Crippen LogP contribution is -2.27. The van der Waals surface area contributed by atoms with Gasteiger partial charge in [-0.05, 0) is 30.5 Å². The number of hydrogen-bond donors (Lipinski definition) is 2. The molecule has 0 amide bonds. The summed E-state index contributed by atoms with van der Waals surface area (Å²) in [5.74, 6) is 0.770. The fraction of sp³-hybridized carbons (Fsp3) is 0.600. The van der Waals surface area contributed by atoms with Crippen molar-refractivity contribution in [3.05, 3.63) is 29.8 Å².